The van der Waals surface area contributed by atoms with Crippen LogP contribution < -0.4 is 10.6 Å². The number of aliphatic hydroxyl groups is 1. The van der Waals surface area contributed by atoms with Crippen LogP contribution in [0.15, 0.2) is 18.3 Å². The highest BCUT2D eigenvalue weighted by atomic mass is 16.3. The van der Waals surface area contributed by atoms with Crippen LogP contribution in [0.4, 0.5) is 5.82 Å². The fourth-order valence-electron chi connectivity index (χ4n) is 2.34. The number of nitrogens with one attached hydrogen (secondary N) is 2. The van der Waals surface area contributed by atoms with Gasteiger partial charge >= 0.3 is 0 Å². The molecule has 0 aromatic carbocycles. The van der Waals surface area contributed by atoms with Gasteiger partial charge in [0.15, 0.2) is 0 Å². The number of hydrogen-bond acceptors (Lipinski definition) is 4. The summed E-state index contributed by atoms with van der Waals surface area (Å²) in [6.45, 7) is 2.76. The van der Waals surface area contributed by atoms with Crippen molar-refractivity contribution < 1.29 is 9.90 Å². The first-order valence-electron chi connectivity index (χ1n) is 6.88. The van der Waals surface area contributed by atoms with E-state index in [-0.39, 0.29) is 18.1 Å². The molecule has 19 heavy (non-hydrogen) atoms. The fraction of sp³-hybridized carbons (Fsp3) is 0.571. The largest absolute Gasteiger partial charge is 0.393 e. The van der Waals surface area contributed by atoms with Gasteiger partial charge in [-0.3, -0.25) is 4.79 Å². The van der Waals surface area contributed by atoms with Crippen LogP contribution in [0.5, 0.6) is 0 Å². The lowest BCUT2D eigenvalue weighted by Crippen LogP contribution is -2.38. The van der Waals surface area contributed by atoms with Gasteiger partial charge in [0.1, 0.15) is 5.82 Å². The number of pyridine rings is 1. The summed E-state index contributed by atoms with van der Waals surface area (Å²) in [6, 6.07) is 3.65. The summed E-state index contributed by atoms with van der Waals surface area (Å²) in [6.07, 6.45) is 4.66. The molecule has 0 unspecified atom stereocenters. The normalized spacial score (nSPS) is 22.8. The molecule has 3 N–H and O–H groups in total. The number of amides is 1. The number of carbonyl (C=O) groups is 1. The van der Waals surface area contributed by atoms with Gasteiger partial charge in [-0.2, -0.15) is 0 Å². The zero-order valence-corrected chi connectivity index (χ0v) is 11.2. The Labute approximate surface area is 113 Å². The number of rotatable bonds is 4. The molecule has 0 bridgehead atoms. The van der Waals surface area contributed by atoms with Crippen molar-refractivity contribution in [2.45, 2.75) is 44.8 Å². The number of anilines is 1. The van der Waals surface area contributed by atoms with Crippen molar-refractivity contribution in [1.29, 1.82) is 0 Å². The molecule has 1 aromatic heterocycles. The van der Waals surface area contributed by atoms with Gasteiger partial charge in [-0.25, -0.2) is 4.98 Å². The maximum absolute atomic E-state index is 12.1. The molecule has 0 spiro atoms. The maximum Gasteiger partial charge on any atom is 0.251 e. The van der Waals surface area contributed by atoms with Crippen molar-refractivity contribution in [3.8, 4) is 0 Å². The molecule has 1 aliphatic rings. The van der Waals surface area contributed by atoms with E-state index in [1.165, 1.54) is 0 Å². The number of hydrogen-bond donors (Lipinski definition) is 3. The van der Waals surface area contributed by atoms with Gasteiger partial charge in [-0.15, -0.1) is 0 Å². The van der Waals surface area contributed by atoms with Gasteiger partial charge < -0.3 is 15.7 Å². The Morgan fingerprint density at radius 2 is 2.16 bits per heavy atom. The molecule has 1 fully saturated rings. The molecule has 1 heterocycles. The fourth-order valence-corrected chi connectivity index (χ4v) is 2.34. The zero-order chi connectivity index (χ0) is 13.7. The molecular formula is C14H21N3O2. The van der Waals surface area contributed by atoms with Crippen molar-refractivity contribution in [2.75, 3.05) is 11.9 Å². The highest BCUT2D eigenvalue weighted by Gasteiger charge is 2.21. The Morgan fingerprint density at radius 1 is 1.42 bits per heavy atom. The van der Waals surface area contributed by atoms with E-state index in [0.717, 1.165) is 32.2 Å². The summed E-state index contributed by atoms with van der Waals surface area (Å²) < 4.78 is 0. The standard InChI is InChI=1S/C14H21N3O2/c1-2-15-13-9-10(7-8-16-13)14(19)17-11-3-5-12(18)6-4-11/h7-9,11-12,18H,2-6H2,1H3,(H,15,16)(H,17,19). The summed E-state index contributed by atoms with van der Waals surface area (Å²) in [5.74, 6) is 0.650. The number of nitrogens with zero attached hydrogens (tertiary/aromatic N) is 1. The minimum absolute atomic E-state index is 0.0667. The lowest BCUT2D eigenvalue weighted by atomic mass is 9.93. The van der Waals surface area contributed by atoms with Crippen LogP contribution in [0.3, 0.4) is 0 Å². The first kappa shape index (κ1) is 13.8. The van der Waals surface area contributed by atoms with E-state index in [1.54, 1.807) is 18.3 Å². The number of carbonyl (C=O) groups excluding carboxylic acids is 1. The van der Waals surface area contributed by atoms with E-state index in [1.807, 2.05) is 6.92 Å². The third-order valence-corrected chi connectivity index (χ3v) is 3.41. The molecular weight excluding hydrogens is 242 g/mol. The highest BCUT2D eigenvalue weighted by Crippen LogP contribution is 2.18. The SMILES string of the molecule is CCNc1cc(C(=O)NC2CCC(O)CC2)ccn1. The van der Waals surface area contributed by atoms with E-state index < -0.39 is 0 Å². The molecule has 1 amide bonds. The predicted molar refractivity (Wildman–Crippen MR) is 74.1 cm³/mol. The molecule has 0 aliphatic heterocycles. The van der Waals surface area contributed by atoms with Crippen molar-refractivity contribution in [1.82, 2.24) is 10.3 Å². The molecule has 2 rings (SSSR count). The van der Waals surface area contributed by atoms with Crippen LogP contribution in [0.2, 0.25) is 0 Å². The summed E-state index contributed by atoms with van der Waals surface area (Å²) in [7, 11) is 0. The Balaban J connectivity index is 1.94. The predicted octanol–water partition coefficient (Wildman–Crippen LogP) is 1.55. The van der Waals surface area contributed by atoms with Gasteiger partial charge in [0.25, 0.3) is 5.91 Å². The second-order valence-electron chi connectivity index (χ2n) is 4.94. The second kappa shape index (κ2) is 6.52. The van der Waals surface area contributed by atoms with E-state index in [2.05, 4.69) is 15.6 Å². The van der Waals surface area contributed by atoms with Crippen molar-refractivity contribution in [3.05, 3.63) is 23.9 Å². The molecule has 1 aliphatic carbocycles. The van der Waals surface area contributed by atoms with E-state index in [9.17, 15) is 9.90 Å². The van der Waals surface area contributed by atoms with Crippen LogP contribution >= 0.6 is 0 Å². The Hall–Kier alpha value is -1.62. The third kappa shape index (κ3) is 3.92. The van der Waals surface area contributed by atoms with E-state index >= 15 is 0 Å². The molecule has 5 heteroatoms. The molecule has 5 nitrogen and oxygen atoms in total. The van der Waals surface area contributed by atoms with Crippen molar-refractivity contribution in [3.63, 3.8) is 0 Å². The monoisotopic (exact) mass is 263 g/mol. The molecule has 1 aromatic rings. The Kier molecular flexibility index (Phi) is 4.74. The van der Waals surface area contributed by atoms with Gasteiger partial charge in [0, 0.05) is 24.3 Å². The summed E-state index contributed by atoms with van der Waals surface area (Å²) in [4.78, 5) is 16.3. The lowest BCUT2D eigenvalue weighted by molar-refractivity contribution is 0.0867. The molecule has 1 saturated carbocycles. The number of aromatic nitrogens is 1. The minimum atomic E-state index is -0.200. The van der Waals surface area contributed by atoms with Gasteiger partial charge in [-0.05, 0) is 44.7 Å². The second-order valence-corrected chi connectivity index (χ2v) is 4.94. The average molecular weight is 263 g/mol. The first-order chi connectivity index (χ1) is 9.19. The summed E-state index contributed by atoms with van der Waals surface area (Å²) in [5.41, 5.74) is 0.622. The summed E-state index contributed by atoms with van der Waals surface area (Å²) in [5, 5.41) is 15.6. The number of aliphatic hydroxyl groups excluding tert-OH is 1. The zero-order valence-electron chi connectivity index (χ0n) is 11.2. The van der Waals surface area contributed by atoms with Gasteiger partial charge in [-0.1, -0.05) is 0 Å². The van der Waals surface area contributed by atoms with Gasteiger partial charge in [0.2, 0.25) is 0 Å². The molecule has 104 valence electrons. The Morgan fingerprint density at radius 3 is 2.84 bits per heavy atom. The third-order valence-electron chi connectivity index (χ3n) is 3.41. The molecule has 0 radical (unpaired) electrons. The topological polar surface area (TPSA) is 74.2 Å². The van der Waals surface area contributed by atoms with Crippen molar-refractivity contribution >= 4 is 11.7 Å². The van der Waals surface area contributed by atoms with Crippen LogP contribution in [0.1, 0.15) is 43.0 Å². The minimum Gasteiger partial charge on any atom is -0.393 e. The van der Waals surface area contributed by atoms with Crippen LogP contribution in [-0.2, 0) is 0 Å². The smallest absolute Gasteiger partial charge is 0.251 e. The highest BCUT2D eigenvalue weighted by molar-refractivity contribution is 5.94. The maximum atomic E-state index is 12.1. The molecule has 0 atom stereocenters. The van der Waals surface area contributed by atoms with E-state index in [4.69, 9.17) is 0 Å². The van der Waals surface area contributed by atoms with Gasteiger partial charge in [0.05, 0.1) is 6.10 Å². The Bertz CT molecular complexity index is 428. The van der Waals surface area contributed by atoms with Crippen molar-refractivity contribution in [2.24, 2.45) is 0 Å². The molecule has 0 saturated heterocycles. The van der Waals surface area contributed by atoms with E-state index in [0.29, 0.717) is 11.4 Å². The summed E-state index contributed by atoms with van der Waals surface area (Å²) >= 11 is 0. The van der Waals surface area contributed by atoms with Crippen LogP contribution in [0.25, 0.3) is 0 Å². The van der Waals surface area contributed by atoms with Crippen LogP contribution in [0, 0.1) is 0 Å². The average Bonchev–Trinajstić information content (AvgIpc) is 2.42. The lowest BCUT2D eigenvalue weighted by Gasteiger charge is -2.26. The van der Waals surface area contributed by atoms with Crippen LogP contribution in [-0.4, -0.2) is 34.7 Å². The quantitative estimate of drug-likeness (QED) is 0.770. The first-order valence-corrected chi connectivity index (χ1v) is 6.88.